The summed E-state index contributed by atoms with van der Waals surface area (Å²) in [5.74, 6) is -0.181. The average molecular weight is 303 g/mol. The Balaban J connectivity index is 2.42. The Morgan fingerprint density at radius 2 is 2.24 bits per heavy atom. The number of phenolic OH excluding ortho intramolecular Hbond substituents is 1. The fraction of sp³-hybridized carbons (Fsp3) is 0.364. The molecule has 0 aromatic heterocycles. The number of hydrogen-bond donors (Lipinski definition) is 3. The van der Waals surface area contributed by atoms with E-state index < -0.39 is 0 Å². The van der Waals surface area contributed by atoms with Crippen molar-refractivity contribution >= 4 is 27.5 Å². The molecule has 0 aliphatic rings. The summed E-state index contributed by atoms with van der Waals surface area (Å²) in [5, 5.41) is 12.1. The molecular formula is C11H15BrN2O3. The summed E-state index contributed by atoms with van der Waals surface area (Å²) < 4.78 is 5.87. The van der Waals surface area contributed by atoms with Gasteiger partial charge in [-0.15, -0.1) is 0 Å². The molecule has 1 aromatic rings. The van der Waals surface area contributed by atoms with Gasteiger partial charge in [-0.05, 0) is 18.2 Å². The molecule has 0 radical (unpaired) electrons. The monoisotopic (exact) mass is 302 g/mol. The van der Waals surface area contributed by atoms with Crippen LogP contribution in [-0.4, -0.2) is 30.8 Å². The molecule has 0 saturated heterocycles. The number of carbonyl (C=O) groups excluding carboxylic acids is 1. The van der Waals surface area contributed by atoms with E-state index >= 15 is 0 Å². The highest BCUT2D eigenvalue weighted by Crippen LogP contribution is 2.26. The minimum absolute atomic E-state index is 0.0319. The van der Waals surface area contributed by atoms with Crippen molar-refractivity contribution in [3.63, 3.8) is 0 Å². The van der Waals surface area contributed by atoms with Crippen LogP contribution in [0.1, 0.15) is 6.42 Å². The highest BCUT2D eigenvalue weighted by molar-refractivity contribution is 9.10. The number of hydrogen-bond acceptors (Lipinski definition) is 4. The van der Waals surface area contributed by atoms with E-state index in [1.54, 1.807) is 12.1 Å². The van der Waals surface area contributed by atoms with E-state index in [1.807, 2.05) is 0 Å². The lowest BCUT2D eigenvalue weighted by Gasteiger charge is -2.07. The number of phenols is 1. The normalized spacial score (nSPS) is 10.2. The van der Waals surface area contributed by atoms with Crippen LogP contribution < -0.4 is 11.1 Å². The van der Waals surface area contributed by atoms with Crippen LogP contribution in [0.5, 0.6) is 5.75 Å². The predicted octanol–water partition coefficient (Wildman–Crippen LogP) is 1.46. The predicted molar refractivity (Wildman–Crippen MR) is 68.9 cm³/mol. The summed E-state index contributed by atoms with van der Waals surface area (Å²) in [6.07, 6.45) is 0.228. The first kappa shape index (κ1) is 14.0. The molecule has 0 bridgehead atoms. The molecule has 1 rings (SSSR count). The van der Waals surface area contributed by atoms with Gasteiger partial charge in [-0.25, -0.2) is 0 Å². The van der Waals surface area contributed by atoms with Gasteiger partial charge in [0.1, 0.15) is 5.75 Å². The Morgan fingerprint density at radius 3 is 2.94 bits per heavy atom. The van der Waals surface area contributed by atoms with E-state index in [2.05, 4.69) is 21.2 Å². The van der Waals surface area contributed by atoms with Crippen LogP contribution in [-0.2, 0) is 9.53 Å². The molecule has 0 atom stereocenters. The second-order valence-corrected chi connectivity index (χ2v) is 4.28. The number of nitrogens with one attached hydrogen (secondary N) is 1. The number of amides is 1. The topological polar surface area (TPSA) is 84.6 Å². The van der Waals surface area contributed by atoms with Crippen LogP contribution in [0.4, 0.5) is 5.69 Å². The SMILES string of the molecule is NCCOCCC(=O)Nc1cc(Br)ccc1O. The lowest BCUT2D eigenvalue weighted by Crippen LogP contribution is -2.16. The summed E-state index contributed by atoms with van der Waals surface area (Å²) in [5.41, 5.74) is 5.62. The van der Waals surface area contributed by atoms with Gasteiger partial charge in [0.05, 0.1) is 25.3 Å². The Bertz CT molecular complexity index is 385. The van der Waals surface area contributed by atoms with E-state index in [0.717, 1.165) is 4.47 Å². The fourth-order valence-corrected chi connectivity index (χ4v) is 1.53. The van der Waals surface area contributed by atoms with Gasteiger partial charge >= 0.3 is 0 Å². The van der Waals surface area contributed by atoms with Crippen molar-refractivity contribution in [3.8, 4) is 5.75 Å². The number of carbonyl (C=O) groups is 1. The van der Waals surface area contributed by atoms with Crippen molar-refractivity contribution < 1.29 is 14.6 Å². The molecule has 17 heavy (non-hydrogen) atoms. The fourth-order valence-electron chi connectivity index (χ4n) is 1.17. The van der Waals surface area contributed by atoms with Crippen LogP contribution in [0.2, 0.25) is 0 Å². The molecule has 0 aliphatic heterocycles. The number of nitrogens with two attached hydrogens (primary N) is 1. The van der Waals surface area contributed by atoms with Gasteiger partial charge in [0, 0.05) is 11.0 Å². The first-order chi connectivity index (χ1) is 8.13. The molecule has 1 aromatic carbocycles. The standard InChI is InChI=1S/C11H15BrN2O3/c12-8-1-2-10(15)9(7-8)14-11(16)3-5-17-6-4-13/h1-2,7,15H,3-6,13H2,(H,14,16). The van der Waals surface area contributed by atoms with Crippen molar-refractivity contribution in [3.05, 3.63) is 22.7 Å². The molecular weight excluding hydrogens is 288 g/mol. The third-order valence-corrected chi connectivity index (χ3v) is 2.46. The number of halogens is 1. The van der Waals surface area contributed by atoms with Crippen molar-refractivity contribution in [1.82, 2.24) is 0 Å². The van der Waals surface area contributed by atoms with Gasteiger partial charge in [-0.2, -0.15) is 0 Å². The van der Waals surface area contributed by atoms with Crippen LogP contribution in [0.3, 0.4) is 0 Å². The van der Waals surface area contributed by atoms with E-state index in [4.69, 9.17) is 10.5 Å². The summed E-state index contributed by atoms with van der Waals surface area (Å²) in [6.45, 7) is 1.20. The first-order valence-electron chi connectivity index (χ1n) is 5.19. The number of rotatable bonds is 6. The minimum atomic E-state index is -0.213. The molecule has 6 heteroatoms. The third-order valence-electron chi connectivity index (χ3n) is 1.97. The van der Waals surface area contributed by atoms with Crippen molar-refractivity contribution in [2.75, 3.05) is 25.1 Å². The molecule has 4 N–H and O–H groups in total. The van der Waals surface area contributed by atoms with Crippen LogP contribution in [0, 0.1) is 0 Å². The Kier molecular flexibility index (Phi) is 5.96. The van der Waals surface area contributed by atoms with Gasteiger partial charge in [0.25, 0.3) is 0 Å². The maximum Gasteiger partial charge on any atom is 0.226 e. The van der Waals surface area contributed by atoms with Gasteiger partial charge in [0.15, 0.2) is 0 Å². The molecule has 0 heterocycles. The summed E-state index contributed by atoms with van der Waals surface area (Å²) in [4.78, 5) is 11.5. The molecule has 94 valence electrons. The lowest BCUT2D eigenvalue weighted by molar-refractivity contribution is -0.117. The molecule has 0 fully saturated rings. The minimum Gasteiger partial charge on any atom is -0.506 e. The van der Waals surface area contributed by atoms with E-state index in [1.165, 1.54) is 6.07 Å². The summed E-state index contributed by atoms with van der Waals surface area (Å²) >= 11 is 3.26. The van der Waals surface area contributed by atoms with E-state index in [9.17, 15) is 9.90 Å². The highest BCUT2D eigenvalue weighted by atomic mass is 79.9. The smallest absolute Gasteiger partial charge is 0.226 e. The number of aromatic hydroxyl groups is 1. The van der Waals surface area contributed by atoms with Gasteiger partial charge in [-0.3, -0.25) is 4.79 Å². The van der Waals surface area contributed by atoms with Gasteiger partial charge in [0.2, 0.25) is 5.91 Å². The maximum absolute atomic E-state index is 11.5. The largest absolute Gasteiger partial charge is 0.506 e. The van der Waals surface area contributed by atoms with Crippen LogP contribution in [0.15, 0.2) is 22.7 Å². The highest BCUT2D eigenvalue weighted by Gasteiger charge is 2.06. The first-order valence-corrected chi connectivity index (χ1v) is 5.99. The second-order valence-electron chi connectivity index (χ2n) is 3.36. The maximum atomic E-state index is 11.5. The lowest BCUT2D eigenvalue weighted by atomic mass is 10.3. The molecule has 0 unspecified atom stereocenters. The van der Waals surface area contributed by atoms with Crippen LogP contribution >= 0.6 is 15.9 Å². The zero-order valence-electron chi connectivity index (χ0n) is 9.28. The number of anilines is 1. The zero-order chi connectivity index (χ0) is 12.7. The van der Waals surface area contributed by atoms with E-state index in [0.29, 0.717) is 25.4 Å². The van der Waals surface area contributed by atoms with Crippen LogP contribution in [0.25, 0.3) is 0 Å². The quantitative estimate of drug-likeness (QED) is 0.549. The molecule has 1 amide bonds. The average Bonchev–Trinajstić information content (AvgIpc) is 2.29. The van der Waals surface area contributed by atoms with Crippen molar-refractivity contribution in [2.45, 2.75) is 6.42 Å². The number of ether oxygens (including phenoxy) is 1. The Hall–Kier alpha value is -1.11. The molecule has 0 saturated carbocycles. The van der Waals surface area contributed by atoms with Gasteiger partial charge < -0.3 is 20.9 Å². The second kappa shape index (κ2) is 7.26. The Labute approximate surface area is 108 Å². The zero-order valence-corrected chi connectivity index (χ0v) is 10.9. The van der Waals surface area contributed by atoms with Gasteiger partial charge in [-0.1, -0.05) is 15.9 Å². The van der Waals surface area contributed by atoms with Crippen molar-refractivity contribution in [2.24, 2.45) is 5.73 Å². The number of benzene rings is 1. The molecule has 0 spiro atoms. The molecule has 5 nitrogen and oxygen atoms in total. The summed E-state index contributed by atoms with van der Waals surface area (Å²) in [7, 11) is 0. The Morgan fingerprint density at radius 1 is 1.47 bits per heavy atom. The summed E-state index contributed by atoms with van der Waals surface area (Å²) in [6, 6.07) is 4.83. The van der Waals surface area contributed by atoms with Crippen molar-refractivity contribution in [1.29, 1.82) is 0 Å². The molecule has 0 aliphatic carbocycles. The third kappa shape index (κ3) is 5.16. The van der Waals surface area contributed by atoms with E-state index in [-0.39, 0.29) is 18.1 Å².